The highest BCUT2D eigenvalue weighted by molar-refractivity contribution is 7.89. The smallest absolute Gasteiger partial charge is 0.258 e. The molecule has 8 nitrogen and oxygen atoms in total. The number of hydrogen-bond donors (Lipinski definition) is 3. The van der Waals surface area contributed by atoms with Crippen LogP contribution >= 0.6 is 0 Å². The van der Waals surface area contributed by atoms with Crippen molar-refractivity contribution in [3.05, 3.63) is 132 Å². The average Bonchev–Trinajstić information content (AvgIpc) is 3.05. The maximum Gasteiger partial charge on any atom is 0.258 e. The Bertz CT molecular complexity index is 1930. The molecule has 1 aliphatic rings. The van der Waals surface area contributed by atoms with Crippen molar-refractivity contribution in [1.82, 2.24) is 4.72 Å². The second-order valence-electron chi connectivity index (χ2n) is 11.6. The van der Waals surface area contributed by atoms with E-state index < -0.39 is 27.8 Å². The van der Waals surface area contributed by atoms with Gasteiger partial charge in [-0.3, -0.25) is 4.79 Å². The Hall–Kier alpha value is -4.70. The van der Waals surface area contributed by atoms with Crippen molar-refractivity contribution >= 4 is 38.1 Å². The first-order chi connectivity index (χ1) is 21.6. The van der Waals surface area contributed by atoms with Crippen molar-refractivity contribution in [2.75, 3.05) is 23.3 Å². The van der Waals surface area contributed by atoms with Gasteiger partial charge in [-0.05, 0) is 67.8 Å². The fraction of sp³-hybridized carbons (Fsp3) is 0.194. The minimum Gasteiger partial charge on any atom is -0.485 e. The molecule has 0 aromatic heterocycles. The molecule has 0 radical (unpaired) electrons. The summed E-state index contributed by atoms with van der Waals surface area (Å²) >= 11 is 0. The minimum atomic E-state index is -4.11. The zero-order chi connectivity index (χ0) is 31.6. The number of hydrogen-bond acceptors (Lipinski definition) is 6. The Kier molecular flexibility index (Phi) is 8.33. The van der Waals surface area contributed by atoms with Crippen molar-refractivity contribution in [3.8, 4) is 5.75 Å². The molecule has 0 spiro atoms. The summed E-state index contributed by atoms with van der Waals surface area (Å²) in [6.07, 6.45) is -1.25. The van der Waals surface area contributed by atoms with E-state index in [-0.39, 0.29) is 10.8 Å². The number of ether oxygens (including phenoxy) is 1. The van der Waals surface area contributed by atoms with Crippen LogP contribution in [-0.4, -0.2) is 44.2 Å². The van der Waals surface area contributed by atoms with Gasteiger partial charge in [-0.15, -0.1) is 0 Å². The van der Waals surface area contributed by atoms with E-state index in [1.165, 1.54) is 0 Å². The molecule has 5 aromatic rings. The van der Waals surface area contributed by atoms with Crippen LogP contribution in [0.3, 0.4) is 0 Å². The fourth-order valence-electron chi connectivity index (χ4n) is 5.70. The van der Waals surface area contributed by atoms with E-state index in [0.29, 0.717) is 35.4 Å². The van der Waals surface area contributed by atoms with Crippen LogP contribution in [0.15, 0.2) is 126 Å². The normalized spacial score (nSPS) is 17.2. The van der Waals surface area contributed by atoms with Crippen LogP contribution in [0.1, 0.15) is 35.8 Å². The highest BCUT2D eigenvalue weighted by Gasteiger charge is 2.45. The molecule has 6 rings (SSSR count). The highest BCUT2D eigenvalue weighted by atomic mass is 32.2. The van der Waals surface area contributed by atoms with Crippen molar-refractivity contribution in [2.45, 2.75) is 36.5 Å². The lowest BCUT2D eigenvalue weighted by atomic mass is 9.86. The Morgan fingerprint density at radius 2 is 1.53 bits per heavy atom. The van der Waals surface area contributed by atoms with Crippen LogP contribution in [0, 0.1) is 0 Å². The van der Waals surface area contributed by atoms with Crippen LogP contribution < -0.4 is 19.7 Å². The number of fused-ring (bicyclic) bond motifs is 2. The third kappa shape index (κ3) is 6.28. The molecule has 0 unspecified atom stereocenters. The van der Waals surface area contributed by atoms with Gasteiger partial charge in [-0.1, -0.05) is 72.8 Å². The Morgan fingerprint density at radius 3 is 2.29 bits per heavy atom. The number of sulfonamides is 1. The third-order valence-electron chi connectivity index (χ3n) is 8.07. The summed E-state index contributed by atoms with van der Waals surface area (Å²) in [7, 11) is -4.11. The second kappa shape index (κ2) is 12.4. The van der Waals surface area contributed by atoms with Gasteiger partial charge in [0, 0.05) is 41.0 Å². The van der Waals surface area contributed by atoms with Crippen molar-refractivity contribution in [3.63, 3.8) is 0 Å². The van der Waals surface area contributed by atoms with E-state index in [0.717, 1.165) is 16.8 Å². The van der Waals surface area contributed by atoms with E-state index in [1.54, 1.807) is 61.2 Å². The monoisotopic (exact) mass is 621 g/mol. The number of anilines is 2. The summed E-state index contributed by atoms with van der Waals surface area (Å²) in [6.45, 7) is 4.28. The summed E-state index contributed by atoms with van der Waals surface area (Å²) in [5.74, 6) is 0.123. The zero-order valence-corrected chi connectivity index (χ0v) is 25.9. The number of para-hydroxylation sites is 2. The number of nitrogens with one attached hydrogen (secondary N) is 2. The summed E-state index contributed by atoms with van der Waals surface area (Å²) in [5, 5.41) is 16.2. The number of aliphatic hydroxyl groups is 1. The van der Waals surface area contributed by atoms with E-state index in [2.05, 4.69) is 10.0 Å². The van der Waals surface area contributed by atoms with E-state index in [1.807, 2.05) is 78.9 Å². The number of rotatable bonds is 9. The topological polar surface area (TPSA) is 108 Å². The quantitative estimate of drug-likeness (QED) is 0.182. The Morgan fingerprint density at radius 1 is 0.867 bits per heavy atom. The third-order valence-corrected chi connectivity index (χ3v) is 9.56. The predicted molar refractivity (Wildman–Crippen MR) is 177 cm³/mol. The van der Waals surface area contributed by atoms with Crippen molar-refractivity contribution in [2.24, 2.45) is 0 Å². The molecule has 45 heavy (non-hydrogen) atoms. The number of aliphatic hydroxyl groups excluding tert-OH is 1. The van der Waals surface area contributed by atoms with Crippen molar-refractivity contribution in [1.29, 1.82) is 0 Å². The molecule has 2 atom stereocenters. The molecule has 0 bridgehead atoms. The maximum absolute atomic E-state index is 14.1. The lowest BCUT2D eigenvalue weighted by Crippen LogP contribution is -2.53. The number of carbonyl (C=O) groups is 1. The van der Waals surface area contributed by atoms with Crippen LogP contribution in [-0.2, 0) is 10.0 Å². The molecule has 1 amide bonds. The van der Waals surface area contributed by atoms with E-state index >= 15 is 0 Å². The Balaban J connectivity index is 1.34. The van der Waals surface area contributed by atoms with Gasteiger partial charge in [0.15, 0.2) is 0 Å². The van der Waals surface area contributed by atoms with Gasteiger partial charge < -0.3 is 20.1 Å². The van der Waals surface area contributed by atoms with Gasteiger partial charge >= 0.3 is 0 Å². The minimum absolute atomic E-state index is 0.104. The SMILES string of the molecule is CC1(C)Oc2ccc(C(=O)N(CCNc3ccccc3)c3ccccc3)cc2[C@@H](NS(=O)(=O)c2cccc3ccccc23)[C@@H]1O. The van der Waals surface area contributed by atoms with E-state index in [4.69, 9.17) is 4.74 Å². The molecule has 3 N–H and O–H groups in total. The lowest BCUT2D eigenvalue weighted by molar-refractivity contribution is -0.0603. The number of benzene rings is 5. The van der Waals surface area contributed by atoms with Crippen molar-refractivity contribution < 1.29 is 23.1 Å². The highest BCUT2D eigenvalue weighted by Crippen LogP contribution is 2.41. The predicted octanol–water partition coefficient (Wildman–Crippen LogP) is 6.15. The molecule has 230 valence electrons. The first-order valence-corrected chi connectivity index (χ1v) is 16.3. The summed E-state index contributed by atoms with van der Waals surface area (Å²) < 4.78 is 36.6. The number of amides is 1. The van der Waals surface area contributed by atoms with Crippen LogP contribution in [0.5, 0.6) is 5.75 Å². The standard InChI is InChI=1S/C36H35N3O5S/c1-36(2)34(40)33(38-45(42,43)32-19-11-13-25-12-9-10-18-29(25)32)30-24-26(20-21-31(30)44-36)35(41)39(28-16-7-4-8-17-28)23-22-37-27-14-5-3-6-15-27/h3-21,24,33-34,37-38,40H,22-23H2,1-2H3/t33-,34+/m1/s1. The first kappa shape index (κ1) is 30.3. The largest absolute Gasteiger partial charge is 0.485 e. The van der Waals surface area contributed by atoms with Gasteiger partial charge in [0.05, 0.1) is 10.9 Å². The molecule has 9 heteroatoms. The summed E-state index contributed by atoms with van der Waals surface area (Å²) in [5.41, 5.74) is 1.28. The molecule has 1 heterocycles. The molecule has 0 aliphatic carbocycles. The molecule has 0 saturated carbocycles. The van der Waals surface area contributed by atoms with Gasteiger partial charge in [0.1, 0.15) is 17.5 Å². The molecular weight excluding hydrogens is 586 g/mol. The molecule has 0 fully saturated rings. The maximum atomic E-state index is 14.1. The van der Waals surface area contributed by atoms with Gasteiger partial charge in [-0.25, -0.2) is 13.1 Å². The van der Waals surface area contributed by atoms with Crippen LogP contribution in [0.4, 0.5) is 11.4 Å². The number of nitrogens with zero attached hydrogens (tertiary/aromatic N) is 1. The first-order valence-electron chi connectivity index (χ1n) is 14.8. The molecular formula is C36H35N3O5S. The second-order valence-corrected chi connectivity index (χ2v) is 13.2. The summed E-state index contributed by atoms with van der Waals surface area (Å²) in [6, 6.07) is 35.3. The van der Waals surface area contributed by atoms with Crippen LogP contribution in [0.2, 0.25) is 0 Å². The molecule has 1 aliphatic heterocycles. The van der Waals surface area contributed by atoms with E-state index in [9.17, 15) is 18.3 Å². The molecule has 5 aromatic carbocycles. The zero-order valence-electron chi connectivity index (χ0n) is 25.1. The average molecular weight is 622 g/mol. The van der Waals surface area contributed by atoms with Crippen LogP contribution in [0.25, 0.3) is 10.8 Å². The Labute approximate surface area is 263 Å². The summed E-state index contributed by atoms with van der Waals surface area (Å²) in [4.78, 5) is 15.9. The molecule has 0 saturated heterocycles. The number of carbonyl (C=O) groups excluding carboxylic acids is 1. The lowest BCUT2D eigenvalue weighted by Gasteiger charge is -2.42. The van der Waals surface area contributed by atoms with Gasteiger partial charge in [0.2, 0.25) is 10.0 Å². The van der Waals surface area contributed by atoms with Gasteiger partial charge in [0.25, 0.3) is 5.91 Å². The van der Waals surface area contributed by atoms with Gasteiger partial charge in [-0.2, -0.15) is 0 Å². The fourth-order valence-corrected chi connectivity index (χ4v) is 7.15.